The molecule has 2 aliphatic carbocycles. The van der Waals surface area contributed by atoms with Crippen molar-refractivity contribution in [1.82, 2.24) is 4.98 Å². The Kier molecular flexibility index (Phi) is 6.62. The molecule has 0 bridgehead atoms. The maximum absolute atomic E-state index is 11.1. The molecule has 5 rings (SSSR count). The third-order valence-corrected chi connectivity index (χ3v) is 8.13. The van der Waals surface area contributed by atoms with E-state index in [9.17, 15) is 4.57 Å². The van der Waals surface area contributed by atoms with Gasteiger partial charge in [0.15, 0.2) is 0 Å². The highest BCUT2D eigenvalue weighted by Gasteiger charge is 2.38. The van der Waals surface area contributed by atoms with E-state index in [1.165, 1.54) is 34.2 Å². The van der Waals surface area contributed by atoms with Crippen LogP contribution < -0.4 is 5.73 Å². The molecular formula is C27H33N2O4P. The van der Waals surface area contributed by atoms with E-state index in [2.05, 4.69) is 48.5 Å². The minimum Gasteiger partial charge on any atom is -0.323 e. The fourth-order valence-electron chi connectivity index (χ4n) is 5.74. The summed E-state index contributed by atoms with van der Waals surface area (Å²) in [6, 6.07) is 19.5. The van der Waals surface area contributed by atoms with Crippen molar-refractivity contribution in [3.05, 3.63) is 77.0 Å². The highest BCUT2D eigenvalue weighted by atomic mass is 31.2. The molecule has 2 aromatic carbocycles. The lowest BCUT2D eigenvalue weighted by atomic mass is 9.79. The average molecular weight is 481 g/mol. The monoisotopic (exact) mass is 480 g/mol. The Morgan fingerprint density at radius 1 is 1.09 bits per heavy atom. The van der Waals surface area contributed by atoms with Crippen LogP contribution in [0.2, 0.25) is 0 Å². The first-order valence-corrected chi connectivity index (χ1v) is 13.7. The minimum atomic E-state index is -4.49. The number of phosphoric acid groups is 1. The Morgan fingerprint density at radius 2 is 1.94 bits per heavy atom. The number of aromatic nitrogens is 1. The van der Waals surface area contributed by atoms with Crippen molar-refractivity contribution >= 4 is 18.7 Å². The van der Waals surface area contributed by atoms with Crippen LogP contribution in [0.15, 0.2) is 54.6 Å². The van der Waals surface area contributed by atoms with Crippen molar-refractivity contribution < 1.29 is 18.9 Å². The second kappa shape index (κ2) is 9.52. The molecule has 7 heteroatoms. The highest BCUT2D eigenvalue weighted by molar-refractivity contribution is 7.46. The number of fused-ring (bicyclic) bond motifs is 2. The van der Waals surface area contributed by atoms with Gasteiger partial charge in [-0.25, -0.2) is 4.57 Å². The maximum Gasteiger partial charge on any atom is 0.469 e. The zero-order chi connectivity index (χ0) is 23.8. The van der Waals surface area contributed by atoms with E-state index < -0.39 is 13.4 Å². The van der Waals surface area contributed by atoms with Crippen LogP contribution in [0.1, 0.15) is 60.4 Å². The number of phosphoric ester groups is 1. The summed E-state index contributed by atoms with van der Waals surface area (Å²) >= 11 is 0. The molecule has 4 N–H and O–H groups in total. The molecule has 3 atom stereocenters. The van der Waals surface area contributed by atoms with Crippen LogP contribution in [0, 0.1) is 5.92 Å². The van der Waals surface area contributed by atoms with Crippen LogP contribution in [-0.2, 0) is 28.4 Å². The molecule has 2 aliphatic rings. The molecule has 1 saturated carbocycles. The largest absolute Gasteiger partial charge is 0.469 e. The van der Waals surface area contributed by atoms with Gasteiger partial charge in [0.2, 0.25) is 0 Å². The first-order chi connectivity index (χ1) is 16.3. The van der Waals surface area contributed by atoms with Gasteiger partial charge >= 0.3 is 7.82 Å². The van der Waals surface area contributed by atoms with E-state index in [4.69, 9.17) is 25.0 Å². The molecule has 1 fully saturated rings. The smallest absolute Gasteiger partial charge is 0.323 e. The Hall–Kier alpha value is -2.08. The van der Waals surface area contributed by atoms with Gasteiger partial charge in [-0.1, -0.05) is 42.5 Å². The van der Waals surface area contributed by atoms with Crippen molar-refractivity contribution in [3.8, 4) is 0 Å². The number of benzene rings is 2. The molecule has 6 nitrogen and oxygen atoms in total. The fraction of sp³-hybridized carbons (Fsp3) is 0.444. The standard InChI is InChI=1S/C27H33N2O4P/c28-27(18-33-34(30,31)32)14-13-24(17-27)23-9-8-21-15-19(5-7-22(21)16-23)6-11-25-12-10-20-3-1-2-4-26(20)29-25/h1-4,8-10,12,16,19,24H,5-7,11,13-15,17-18,28H2,(H2,30,31,32)/t19-,24+,27-/m1/s1. The zero-order valence-corrected chi connectivity index (χ0v) is 20.3. The first kappa shape index (κ1) is 23.7. The molecule has 0 saturated heterocycles. The number of nitrogens with zero attached hydrogens (tertiary/aromatic N) is 1. The van der Waals surface area contributed by atoms with Crippen LogP contribution in [0.5, 0.6) is 0 Å². The first-order valence-electron chi connectivity index (χ1n) is 12.2. The lowest BCUT2D eigenvalue weighted by molar-refractivity contribution is 0.153. The van der Waals surface area contributed by atoms with Gasteiger partial charge in [0, 0.05) is 16.6 Å². The highest BCUT2D eigenvalue weighted by Crippen LogP contribution is 2.44. The van der Waals surface area contributed by atoms with Crippen molar-refractivity contribution in [1.29, 1.82) is 0 Å². The number of nitrogens with two attached hydrogens (primary N) is 1. The van der Waals surface area contributed by atoms with E-state index in [-0.39, 0.29) is 6.61 Å². The zero-order valence-electron chi connectivity index (χ0n) is 19.4. The Bertz CT molecular complexity index is 1230. The molecule has 0 spiro atoms. The van der Waals surface area contributed by atoms with Gasteiger partial charge in [-0.05, 0) is 92.0 Å². The SMILES string of the molecule is N[C@]1(COP(=O)(O)O)CC[C@H](c2ccc3c(c2)CC[C@H](CCc2ccc4ccccc4n2)C3)C1. The van der Waals surface area contributed by atoms with Gasteiger partial charge < -0.3 is 15.5 Å². The summed E-state index contributed by atoms with van der Waals surface area (Å²) in [7, 11) is -4.49. The third kappa shape index (κ3) is 5.59. The Balaban J connectivity index is 1.18. The Morgan fingerprint density at radius 3 is 2.79 bits per heavy atom. The molecule has 34 heavy (non-hydrogen) atoms. The summed E-state index contributed by atoms with van der Waals surface area (Å²) in [5.74, 6) is 0.993. The predicted molar refractivity (Wildman–Crippen MR) is 134 cm³/mol. The lowest BCUT2D eigenvalue weighted by Crippen LogP contribution is -2.41. The van der Waals surface area contributed by atoms with Gasteiger partial charge in [-0.2, -0.15) is 0 Å². The summed E-state index contributed by atoms with van der Waals surface area (Å²) < 4.78 is 15.8. The van der Waals surface area contributed by atoms with E-state index in [0.717, 1.165) is 37.6 Å². The topological polar surface area (TPSA) is 106 Å². The molecule has 0 amide bonds. The van der Waals surface area contributed by atoms with Crippen molar-refractivity contribution in [2.24, 2.45) is 11.7 Å². The second-order valence-electron chi connectivity index (χ2n) is 10.2. The van der Waals surface area contributed by atoms with Crippen LogP contribution in [0.25, 0.3) is 10.9 Å². The Labute approximate surface area is 200 Å². The summed E-state index contributed by atoms with van der Waals surface area (Å²) in [6.07, 6.45) is 7.90. The van der Waals surface area contributed by atoms with E-state index >= 15 is 0 Å². The molecule has 0 radical (unpaired) electrons. The minimum absolute atomic E-state index is 0.105. The van der Waals surface area contributed by atoms with Crippen molar-refractivity contribution in [3.63, 3.8) is 0 Å². The summed E-state index contributed by atoms with van der Waals surface area (Å²) in [5, 5.41) is 1.19. The molecular weight excluding hydrogens is 447 g/mol. The molecule has 3 aromatic rings. The van der Waals surface area contributed by atoms with E-state index in [1.807, 2.05) is 6.07 Å². The molecule has 1 heterocycles. The quantitative estimate of drug-likeness (QED) is 0.409. The third-order valence-electron chi connectivity index (χ3n) is 7.66. The van der Waals surface area contributed by atoms with E-state index in [0.29, 0.717) is 24.7 Å². The van der Waals surface area contributed by atoms with Crippen LogP contribution >= 0.6 is 7.82 Å². The fourth-order valence-corrected chi connectivity index (χ4v) is 6.16. The summed E-state index contributed by atoms with van der Waals surface area (Å²) in [4.78, 5) is 22.8. The van der Waals surface area contributed by atoms with Crippen LogP contribution in [0.4, 0.5) is 0 Å². The molecule has 0 unspecified atom stereocenters. The van der Waals surface area contributed by atoms with Gasteiger partial charge in [0.05, 0.1) is 12.1 Å². The number of rotatable bonds is 7. The van der Waals surface area contributed by atoms with Gasteiger partial charge in [0.1, 0.15) is 0 Å². The lowest BCUT2D eigenvalue weighted by Gasteiger charge is -2.27. The van der Waals surface area contributed by atoms with Crippen molar-refractivity contribution in [2.75, 3.05) is 6.61 Å². The second-order valence-corrected chi connectivity index (χ2v) is 11.5. The molecule has 0 aliphatic heterocycles. The molecule has 180 valence electrons. The van der Waals surface area contributed by atoms with Crippen LogP contribution in [0.3, 0.4) is 0 Å². The number of hydrogen-bond acceptors (Lipinski definition) is 4. The van der Waals surface area contributed by atoms with E-state index in [1.54, 1.807) is 0 Å². The number of aryl methyl sites for hydroxylation is 2. The summed E-state index contributed by atoms with van der Waals surface area (Å²) in [6.45, 7) is -0.105. The summed E-state index contributed by atoms with van der Waals surface area (Å²) in [5.41, 5.74) is 12.1. The maximum atomic E-state index is 11.1. The number of para-hydroxylation sites is 1. The average Bonchev–Trinajstić information content (AvgIpc) is 3.23. The normalized spacial score (nSPS) is 24.9. The number of hydrogen-bond donors (Lipinski definition) is 3. The molecule has 1 aromatic heterocycles. The predicted octanol–water partition coefficient (Wildman–Crippen LogP) is 5.05. The van der Waals surface area contributed by atoms with Crippen molar-refractivity contribution in [2.45, 2.75) is 62.8 Å². The van der Waals surface area contributed by atoms with Crippen LogP contribution in [-0.4, -0.2) is 26.9 Å². The van der Waals surface area contributed by atoms with Gasteiger partial charge in [-0.3, -0.25) is 9.51 Å². The van der Waals surface area contributed by atoms with Gasteiger partial charge in [-0.15, -0.1) is 0 Å². The number of pyridine rings is 1. The van der Waals surface area contributed by atoms with Gasteiger partial charge in [0.25, 0.3) is 0 Å².